The molecule has 4 heteroatoms. The highest BCUT2D eigenvalue weighted by atomic mass is 16.6. The van der Waals surface area contributed by atoms with Gasteiger partial charge >= 0.3 is 6.09 Å². The van der Waals surface area contributed by atoms with Gasteiger partial charge in [0.25, 0.3) is 0 Å². The molecule has 2 unspecified atom stereocenters. The maximum absolute atomic E-state index is 13.0. The first-order valence-electron chi connectivity index (χ1n) is 10.6. The zero-order valence-corrected chi connectivity index (χ0v) is 16.8. The molecular formula is C26H25NO3. The largest absolute Gasteiger partial charge is 0.448 e. The number of benzene rings is 3. The van der Waals surface area contributed by atoms with Gasteiger partial charge in [-0.1, -0.05) is 78.9 Å². The van der Waals surface area contributed by atoms with Crippen molar-refractivity contribution in [2.45, 2.75) is 30.9 Å². The lowest BCUT2D eigenvalue weighted by Gasteiger charge is -2.28. The number of nitrogens with zero attached hydrogens (tertiary/aromatic N) is 1. The molecule has 1 amide bonds. The Morgan fingerprint density at radius 2 is 1.53 bits per heavy atom. The van der Waals surface area contributed by atoms with Crippen LogP contribution in [-0.4, -0.2) is 35.3 Å². The molecule has 0 saturated carbocycles. The second-order valence-corrected chi connectivity index (χ2v) is 8.06. The van der Waals surface area contributed by atoms with Crippen molar-refractivity contribution >= 4 is 6.09 Å². The third kappa shape index (κ3) is 3.27. The molecular weight excluding hydrogens is 374 g/mol. The molecule has 0 bridgehead atoms. The van der Waals surface area contributed by atoms with E-state index in [0.717, 1.165) is 18.4 Å². The fraction of sp³-hybridized carbons (Fsp3) is 0.269. The average Bonchev–Trinajstić information content (AvgIpc) is 3.41. The van der Waals surface area contributed by atoms with Gasteiger partial charge in [0.05, 0.1) is 12.1 Å². The van der Waals surface area contributed by atoms with E-state index in [0.29, 0.717) is 13.2 Å². The third-order valence-corrected chi connectivity index (χ3v) is 6.38. The summed E-state index contributed by atoms with van der Waals surface area (Å²) >= 11 is 0. The molecule has 0 spiro atoms. The van der Waals surface area contributed by atoms with Crippen LogP contribution in [-0.2, 0) is 4.74 Å². The molecule has 2 atom stereocenters. The topological polar surface area (TPSA) is 49.8 Å². The summed E-state index contributed by atoms with van der Waals surface area (Å²) in [7, 11) is 0. The van der Waals surface area contributed by atoms with E-state index in [9.17, 15) is 9.90 Å². The van der Waals surface area contributed by atoms with E-state index in [1.165, 1.54) is 22.3 Å². The maximum Gasteiger partial charge on any atom is 0.410 e. The predicted octanol–water partition coefficient (Wildman–Crippen LogP) is 5.13. The maximum atomic E-state index is 13.0. The Labute approximate surface area is 176 Å². The molecule has 2 aliphatic rings. The Balaban J connectivity index is 1.32. The Bertz CT molecular complexity index is 1000. The molecule has 30 heavy (non-hydrogen) atoms. The van der Waals surface area contributed by atoms with E-state index >= 15 is 0 Å². The quantitative estimate of drug-likeness (QED) is 0.661. The second-order valence-electron chi connectivity index (χ2n) is 8.06. The molecule has 1 N–H and O–H groups in total. The number of ether oxygens (including phenoxy) is 1. The summed E-state index contributed by atoms with van der Waals surface area (Å²) in [5, 5.41) is 10.8. The van der Waals surface area contributed by atoms with Crippen LogP contribution in [0.15, 0.2) is 78.9 Å². The van der Waals surface area contributed by atoms with Crippen LogP contribution < -0.4 is 0 Å². The molecule has 1 aliphatic heterocycles. The van der Waals surface area contributed by atoms with Crippen LogP contribution in [0.1, 0.15) is 41.6 Å². The number of amides is 1. The normalized spacial score (nSPS) is 18.7. The number of likely N-dealkylation sites (tertiary alicyclic amines) is 1. The van der Waals surface area contributed by atoms with Gasteiger partial charge in [-0.2, -0.15) is 0 Å². The van der Waals surface area contributed by atoms with Crippen molar-refractivity contribution in [3.63, 3.8) is 0 Å². The molecule has 1 aliphatic carbocycles. The summed E-state index contributed by atoms with van der Waals surface area (Å²) in [6.07, 6.45) is 0.613. The second kappa shape index (κ2) is 7.96. The number of aliphatic hydroxyl groups is 1. The van der Waals surface area contributed by atoms with Gasteiger partial charge in [0, 0.05) is 12.5 Å². The van der Waals surface area contributed by atoms with Gasteiger partial charge in [0.15, 0.2) is 0 Å². The Morgan fingerprint density at radius 1 is 0.933 bits per heavy atom. The van der Waals surface area contributed by atoms with Crippen LogP contribution in [0, 0.1) is 0 Å². The van der Waals surface area contributed by atoms with Crippen molar-refractivity contribution < 1.29 is 14.6 Å². The van der Waals surface area contributed by atoms with Gasteiger partial charge < -0.3 is 14.7 Å². The number of carbonyl (C=O) groups is 1. The van der Waals surface area contributed by atoms with Gasteiger partial charge in [0.2, 0.25) is 0 Å². The van der Waals surface area contributed by atoms with Crippen molar-refractivity contribution in [2.24, 2.45) is 0 Å². The molecule has 3 aromatic rings. The van der Waals surface area contributed by atoms with Crippen molar-refractivity contribution in [3.8, 4) is 11.1 Å². The fourth-order valence-corrected chi connectivity index (χ4v) is 4.90. The first-order chi connectivity index (χ1) is 14.7. The Hall–Kier alpha value is -3.11. The van der Waals surface area contributed by atoms with Crippen molar-refractivity contribution in [3.05, 3.63) is 95.6 Å². The van der Waals surface area contributed by atoms with E-state index in [-0.39, 0.29) is 18.1 Å². The first-order valence-corrected chi connectivity index (χ1v) is 10.6. The Morgan fingerprint density at radius 3 is 2.20 bits per heavy atom. The lowest BCUT2D eigenvalue weighted by molar-refractivity contribution is 0.0498. The molecule has 0 aromatic heterocycles. The predicted molar refractivity (Wildman–Crippen MR) is 116 cm³/mol. The highest BCUT2D eigenvalue weighted by molar-refractivity contribution is 5.79. The summed E-state index contributed by atoms with van der Waals surface area (Å²) in [6.45, 7) is 0.919. The highest BCUT2D eigenvalue weighted by Crippen LogP contribution is 2.44. The van der Waals surface area contributed by atoms with Gasteiger partial charge in [-0.15, -0.1) is 0 Å². The summed E-state index contributed by atoms with van der Waals surface area (Å²) in [5.41, 5.74) is 5.67. The van der Waals surface area contributed by atoms with Gasteiger partial charge in [0.1, 0.15) is 6.61 Å². The van der Waals surface area contributed by atoms with E-state index in [1.807, 2.05) is 54.6 Å². The minimum atomic E-state index is -0.700. The molecule has 5 rings (SSSR count). The summed E-state index contributed by atoms with van der Waals surface area (Å²) in [4.78, 5) is 14.7. The van der Waals surface area contributed by atoms with Crippen LogP contribution in [0.4, 0.5) is 4.79 Å². The molecule has 1 saturated heterocycles. The van der Waals surface area contributed by atoms with Gasteiger partial charge in [-0.05, 0) is 40.7 Å². The van der Waals surface area contributed by atoms with Crippen LogP contribution in [0.2, 0.25) is 0 Å². The first kappa shape index (κ1) is 18.9. The monoisotopic (exact) mass is 399 g/mol. The van der Waals surface area contributed by atoms with Crippen molar-refractivity contribution in [2.75, 3.05) is 13.2 Å². The lowest BCUT2D eigenvalue weighted by Crippen LogP contribution is -2.40. The van der Waals surface area contributed by atoms with Gasteiger partial charge in [-0.25, -0.2) is 4.79 Å². The highest BCUT2D eigenvalue weighted by Gasteiger charge is 2.36. The van der Waals surface area contributed by atoms with Crippen molar-refractivity contribution in [1.29, 1.82) is 0 Å². The van der Waals surface area contributed by atoms with E-state index in [1.54, 1.807) is 4.90 Å². The summed E-state index contributed by atoms with van der Waals surface area (Å²) < 4.78 is 5.82. The minimum Gasteiger partial charge on any atom is -0.448 e. The van der Waals surface area contributed by atoms with Crippen LogP contribution in [0.25, 0.3) is 11.1 Å². The SMILES string of the molecule is O=C(OCC1c2ccccc2-c2ccccc21)N1CCCC1C(O)c1ccccc1. The number of hydrogen-bond donors (Lipinski definition) is 1. The van der Waals surface area contributed by atoms with Crippen LogP contribution in [0.3, 0.4) is 0 Å². The van der Waals surface area contributed by atoms with Crippen LogP contribution >= 0.6 is 0 Å². The lowest BCUT2D eigenvalue weighted by atomic mass is 9.98. The molecule has 1 heterocycles. The molecule has 4 nitrogen and oxygen atoms in total. The van der Waals surface area contributed by atoms with E-state index in [2.05, 4.69) is 24.3 Å². The number of aliphatic hydroxyl groups excluding tert-OH is 1. The average molecular weight is 399 g/mol. The minimum absolute atomic E-state index is 0.0430. The standard InChI is InChI=1S/C26H25NO3/c28-25(18-9-2-1-3-10-18)24-15-8-16-27(24)26(29)30-17-23-21-13-6-4-11-19(21)20-12-5-7-14-22(20)23/h1-7,9-14,23-25,28H,8,15-17H2. The zero-order chi connectivity index (χ0) is 20.5. The molecule has 0 radical (unpaired) electrons. The summed E-state index contributed by atoms with van der Waals surface area (Å²) in [6, 6.07) is 25.9. The molecule has 1 fully saturated rings. The van der Waals surface area contributed by atoms with Crippen LogP contribution in [0.5, 0.6) is 0 Å². The van der Waals surface area contributed by atoms with Crippen molar-refractivity contribution in [1.82, 2.24) is 4.90 Å². The molecule has 152 valence electrons. The number of rotatable bonds is 4. The molecule has 3 aromatic carbocycles. The van der Waals surface area contributed by atoms with Gasteiger partial charge in [-0.3, -0.25) is 0 Å². The fourth-order valence-electron chi connectivity index (χ4n) is 4.90. The number of fused-ring (bicyclic) bond motifs is 3. The smallest absolute Gasteiger partial charge is 0.410 e. The zero-order valence-electron chi connectivity index (χ0n) is 16.8. The summed E-state index contributed by atoms with van der Waals surface area (Å²) in [5.74, 6) is 0.0430. The third-order valence-electron chi connectivity index (χ3n) is 6.38. The number of hydrogen-bond acceptors (Lipinski definition) is 3. The van der Waals surface area contributed by atoms with E-state index < -0.39 is 6.10 Å². The van der Waals surface area contributed by atoms with E-state index in [4.69, 9.17) is 4.74 Å². The Kier molecular flexibility index (Phi) is 5.01. The number of carbonyl (C=O) groups excluding carboxylic acids is 1.